The standard InChI is InChI=1S/C20H18FN3O2/c21-17-3-1-15(2-4-17)13-16(14-22)20(25)23-18-5-7-19(8-6-18)24-9-11-26-12-10-24/h1-8,13H,9-12H2,(H,23,25)/b16-13+. The lowest BCUT2D eigenvalue weighted by Gasteiger charge is -2.28. The SMILES string of the molecule is N#C/C(=C\c1ccc(F)cc1)C(=O)Nc1ccc(N2CCOCC2)cc1. The molecule has 0 aliphatic carbocycles. The maximum absolute atomic E-state index is 12.9. The fourth-order valence-corrected chi connectivity index (χ4v) is 2.65. The van der Waals surface area contributed by atoms with Crippen LogP contribution in [0.25, 0.3) is 6.08 Å². The predicted octanol–water partition coefficient (Wildman–Crippen LogP) is 3.21. The van der Waals surface area contributed by atoms with E-state index in [-0.39, 0.29) is 11.4 Å². The van der Waals surface area contributed by atoms with E-state index < -0.39 is 5.91 Å². The van der Waals surface area contributed by atoms with Crippen molar-refractivity contribution in [2.45, 2.75) is 0 Å². The number of amides is 1. The van der Waals surface area contributed by atoms with Gasteiger partial charge in [-0.1, -0.05) is 12.1 Å². The number of nitriles is 1. The number of carbonyl (C=O) groups is 1. The van der Waals surface area contributed by atoms with Crippen molar-refractivity contribution in [3.8, 4) is 6.07 Å². The van der Waals surface area contributed by atoms with Crippen LogP contribution < -0.4 is 10.2 Å². The number of ether oxygens (including phenoxy) is 1. The van der Waals surface area contributed by atoms with E-state index in [0.717, 1.165) is 18.8 Å². The second-order valence-electron chi connectivity index (χ2n) is 5.82. The van der Waals surface area contributed by atoms with E-state index >= 15 is 0 Å². The average molecular weight is 351 g/mol. The first-order valence-electron chi connectivity index (χ1n) is 8.27. The van der Waals surface area contributed by atoms with Gasteiger partial charge in [-0.3, -0.25) is 4.79 Å². The molecule has 0 unspecified atom stereocenters. The number of halogens is 1. The zero-order chi connectivity index (χ0) is 18.4. The fourth-order valence-electron chi connectivity index (χ4n) is 2.65. The van der Waals surface area contributed by atoms with Gasteiger partial charge in [0.1, 0.15) is 17.5 Å². The Morgan fingerprint density at radius 3 is 2.38 bits per heavy atom. The Morgan fingerprint density at radius 2 is 1.77 bits per heavy atom. The first kappa shape index (κ1) is 17.6. The quantitative estimate of drug-likeness (QED) is 0.679. The molecule has 1 N–H and O–H groups in total. The highest BCUT2D eigenvalue weighted by molar-refractivity contribution is 6.09. The summed E-state index contributed by atoms with van der Waals surface area (Å²) in [5.74, 6) is -0.874. The van der Waals surface area contributed by atoms with Crippen molar-refractivity contribution < 1.29 is 13.9 Å². The second kappa shape index (κ2) is 8.28. The number of rotatable bonds is 4. The average Bonchev–Trinajstić information content (AvgIpc) is 2.68. The molecule has 2 aromatic rings. The molecule has 26 heavy (non-hydrogen) atoms. The lowest BCUT2D eigenvalue weighted by atomic mass is 10.1. The van der Waals surface area contributed by atoms with Crippen LogP contribution in [0.5, 0.6) is 0 Å². The molecule has 0 atom stereocenters. The lowest BCUT2D eigenvalue weighted by Crippen LogP contribution is -2.36. The van der Waals surface area contributed by atoms with Gasteiger partial charge in [0.25, 0.3) is 5.91 Å². The monoisotopic (exact) mass is 351 g/mol. The molecule has 1 aliphatic heterocycles. The minimum atomic E-state index is -0.504. The van der Waals surface area contributed by atoms with Crippen molar-refractivity contribution in [2.75, 3.05) is 36.5 Å². The first-order valence-corrected chi connectivity index (χ1v) is 8.27. The van der Waals surface area contributed by atoms with Gasteiger partial charge < -0.3 is 15.0 Å². The van der Waals surface area contributed by atoms with Gasteiger partial charge in [-0.05, 0) is 48.0 Å². The summed E-state index contributed by atoms with van der Waals surface area (Å²) in [5, 5.41) is 11.9. The number of hydrogen-bond donors (Lipinski definition) is 1. The third-order valence-electron chi connectivity index (χ3n) is 4.05. The van der Waals surface area contributed by atoms with Crippen LogP contribution in [0, 0.1) is 17.1 Å². The number of nitrogens with zero attached hydrogens (tertiary/aromatic N) is 2. The fraction of sp³-hybridized carbons (Fsp3) is 0.200. The number of benzene rings is 2. The Kier molecular flexibility index (Phi) is 5.62. The molecular formula is C20H18FN3O2. The number of carbonyl (C=O) groups excluding carboxylic acids is 1. The number of morpholine rings is 1. The first-order chi connectivity index (χ1) is 12.7. The van der Waals surface area contributed by atoms with Gasteiger partial charge in [0, 0.05) is 24.5 Å². The maximum Gasteiger partial charge on any atom is 0.266 e. The summed E-state index contributed by atoms with van der Waals surface area (Å²) in [6, 6.07) is 14.9. The van der Waals surface area contributed by atoms with Gasteiger partial charge in [0.15, 0.2) is 0 Å². The summed E-state index contributed by atoms with van der Waals surface area (Å²) in [7, 11) is 0. The van der Waals surface area contributed by atoms with E-state index in [1.54, 1.807) is 12.1 Å². The summed E-state index contributed by atoms with van der Waals surface area (Å²) in [4.78, 5) is 14.5. The molecule has 6 heteroatoms. The number of nitrogens with one attached hydrogen (secondary N) is 1. The minimum absolute atomic E-state index is 0.0473. The van der Waals surface area contributed by atoms with Crippen LogP contribution in [0.4, 0.5) is 15.8 Å². The van der Waals surface area contributed by atoms with E-state index in [1.165, 1.54) is 30.3 Å². The maximum atomic E-state index is 12.9. The zero-order valence-corrected chi connectivity index (χ0v) is 14.1. The third kappa shape index (κ3) is 4.47. The summed E-state index contributed by atoms with van der Waals surface area (Å²) in [6.45, 7) is 3.09. The Labute approximate surface area is 151 Å². The minimum Gasteiger partial charge on any atom is -0.378 e. The van der Waals surface area contributed by atoms with Crippen molar-refractivity contribution in [2.24, 2.45) is 0 Å². The van der Waals surface area contributed by atoms with Crippen molar-refractivity contribution in [1.82, 2.24) is 0 Å². The molecule has 0 radical (unpaired) electrons. The van der Waals surface area contributed by atoms with Gasteiger partial charge in [0.05, 0.1) is 13.2 Å². The van der Waals surface area contributed by atoms with Gasteiger partial charge in [0.2, 0.25) is 0 Å². The summed E-state index contributed by atoms with van der Waals surface area (Å²) in [5.41, 5.74) is 2.20. The Morgan fingerprint density at radius 1 is 1.12 bits per heavy atom. The van der Waals surface area contributed by atoms with Gasteiger partial charge >= 0.3 is 0 Å². The zero-order valence-electron chi connectivity index (χ0n) is 14.1. The summed E-state index contributed by atoms with van der Waals surface area (Å²) < 4.78 is 18.3. The van der Waals surface area contributed by atoms with Crippen molar-refractivity contribution in [3.05, 3.63) is 65.5 Å². The van der Waals surface area contributed by atoms with Crippen molar-refractivity contribution in [1.29, 1.82) is 5.26 Å². The highest BCUT2D eigenvalue weighted by Crippen LogP contribution is 2.19. The molecule has 1 fully saturated rings. The van der Waals surface area contributed by atoms with E-state index in [4.69, 9.17) is 4.74 Å². The molecule has 2 aromatic carbocycles. The molecule has 0 bridgehead atoms. The molecule has 1 heterocycles. The molecule has 1 saturated heterocycles. The van der Waals surface area contributed by atoms with Crippen LogP contribution in [0.15, 0.2) is 54.1 Å². The van der Waals surface area contributed by atoms with E-state index in [9.17, 15) is 14.4 Å². The summed E-state index contributed by atoms with van der Waals surface area (Å²) >= 11 is 0. The predicted molar refractivity (Wildman–Crippen MR) is 98.1 cm³/mol. The molecule has 3 rings (SSSR count). The Bertz CT molecular complexity index is 833. The van der Waals surface area contributed by atoms with E-state index in [0.29, 0.717) is 24.5 Å². The van der Waals surface area contributed by atoms with Crippen LogP contribution in [0.1, 0.15) is 5.56 Å². The Hall–Kier alpha value is -3.17. The smallest absolute Gasteiger partial charge is 0.266 e. The second-order valence-corrected chi connectivity index (χ2v) is 5.82. The van der Waals surface area contributed by atoms with Gasteiger partial charge in [-0.15, -0.1) is 0 Å². The largest absolute Gasteiger partial charge is 0.378 e. The molecule has 0 spiro atoms. The third-order valence-corrected chi connectivity index (χ3v) is 4.05. The normalized spacial score (nSPS) is 14.6. The van der Waals surface area contributed by atoms with Crippen LogP contribution in [0.2, 0.25) is 0 Å². The van der Waals surface area contributed by atoms with Gasteiger partial charge in [-0.25, -0.2) is 4.39 Å². The molecule has 0 saturated carbocycles. The van der Waals surface area contributed by atoms with Crippen molar-refractivity contribution in [3.63, 3.8) is 0 Å². The van der Waals surface area contributed by atoms with Crippen LogP contribution >= 0.6 is 0 Å². The van der Waals surface area contributed by atoms with E-state index in [2.05, 4.69) is 10.2 Å². The van der Waals surface area contributed by atoms with Crippen molar-refractivity contribution >= 4 is 23.4 Å². The highest BCUT2D eigenvalue weighted by atomic mass is 19.1. The van der Waals surface area contributed by atoms with Crippen LogP contribution in [0.3, 0.4) is 0 Å². The molecule has 132 valence electrons. The molecule has 5 nitrogen and oxygen atoms in total. The molecule has 0 aromatic heterocycles. The number of anilines is 2. The topological polar surface area (TPSA) is 65.4 Å². The molecular weight excluding hydrogens is 333 g/mol. The van der Waals surface area contributed by atoms with Crippen LogP contribution in [-0.2, 0) is 9.53 Å². The molecule has 1 amide bonds. The Balaban J connectivity index is 1.68. The van der Waals surface area contributed by atoms with Gasteiger partial charge in [-0.2, -0.15) is 5.26 Å². The molecule has 1 aliphatic rings. The summed E-state index contributed by atoms with van der Waals surface area (Å²) in [6.07, 6.45) is 1.43. The number of hydrogen-bond acceptors (Lipinski definition) is 4. The highest BCUT2D eigenvalue weighted by Gasteiger charge is 2.12. The lowest BCUT2D eigenvalue weighted by molar-refractivity contribution is -0.112. The van der Waals surface area contributed by atoms with E-state index in [1.807, 2.05) is 18.2 Å². The van der Waals surface area contributed by atoms with Crippen LogP contribution in [-0.4, -0.2) is 32.2 Å².